The first-order chi connectivity index (χ1) is 15.2. The molecular formula is C23H38N4O4S. The summed E-state index contributed by atoms with van der Waals surface area (Å²) in [6.07, 6.45) is 2.59. The maximum absolute atomic E-state index is 12.1. The van der Waals surface area contributed by atoms with Gasteiger partial charge in [0.25, 0.3) is 0 Å². The summed E-state index contributed by atoms with van der Waals surface area (Å²) >= 11 is 0. The van der Waals surface area contributed by atoms with Crippen molar-refractivity contribution in [3.63, 3.8) is 0 Å². The summed E-state index contributed by atoms with van der Waals surface area (Å²) in [6, 6.07) is 8.52. The molecule has 8 nitrogen and oxygen atoms in total. The van der Waals surface area contributed by atoms with E-state index in [1.54, 1.807) is 0 Å². The van der Waals surface area contributed by atoms with Crippen molar-refractivity contribution in [3.05, 3.63) is 24.3 Å². The van der Waals surface area contributed by atoms with E-state index in [2.05, 4.69) is 41.5 Å². The fraction of sp³-hybridized carbons (Fsp3) is 0.696. The number of urea groups is 1. The maximum atomic E-state index is 12.1. The van der Waals surface area contributed by atoms with Gasteiger partial charge in [-0.15, -0.1) is 0 Å². The molecule has 0 aromatic heterocycles. The molecule has 1 saturated carbocycles. The quantitative estimate of drug-likeness (QED) is 0.431. The Labute approximate surface area is 192 Å². The van der Waals surface area contributed by atoms with Crippen LogP contribution in [0.2, 0.25) is 0 Å². The third-order valence-corrected chi connectivity index (χ3v) is 8.70. The zero-order chi connectivity index (χ0) is 23.4. The number of anilines is 1. The Morgan fingerprint density at radius 1 is 1.25 bits per heavy atom. The number of nitrogens with one attached hydrogen (secondary N) is 2. The van der Waals surface area contributed by atoms with Crippen LogP contribution in [0.4, 0.5) is 10.5 Å². The summed E-state index contributed by atoms with van der Waals surface area (Å²) in [5.41, 5.74) is 6.53. The monoisotopic (exact) mass is 466 g/mol. The molecule has 4 atom stereocenters. The second-order valence-electron chi connectivity index (χ2n) is 9.16. The Morgan fingerprint density at radius 3 is 2.59 bits per heavy atom. The molecule has 32 heavy (non-hydrogen) atoms. The van der Waals surface area contributed by atoms with Crippen LogP contribution in [-0.4, -0.2) is 64.3 Å². The van der Waals surface area contributed by atoms with Crippen molar-refractivity contribution in [1.29, 1.82) is 0 Å². The van der Waals surface area contributed by atoms with Crippen LogP contribution in [0, 0.1) is 11.3 Å². The van der Waals surface area contributed by atoms with Gasteiger partial charge >= 0.3 is 6.03 Å². The molecule has 3 fully saturated rings. The Bertz CT molecular complexity index is 876. The Morgan fingerprint density at radius 2 is 1.97 bits per heavy atom. The number of sulfone groups is 1. The Kier molecular flexibility index (Phi) is 7.92. The van der Waals surface area contributed by atoms with Gasteiger partial charge in [-0.05, 0) is 56.4 Å². The van der Waals surface area contributed by atoms with Gasteiger partial charge in [0.05, 0.1) is 18.1 Å². The summed E-state index contributed by atoms with van der Waals surface area (Å²) < 4.78 is 29.2. The number of piperidine rings is 2. The van der Waals surface area contributed by atoms with Crippen LogP contribution in [0.25, 0.3) is 0 Å². The number of hydrogen-bond donors (Lipinski definition) is 3. The summed E-state index contributed by atoms with van der Waals surface area (Å²) in [4.78, 5) is 14.6. The van der Waals surface area contributed by atoms with Crippen molar-refractivity contribution in [1.82, 2.24) is 10.6 Å². The topological polar surface area (TPSA) is 114 Å². The van der Waals surface area contributed by atoms with Crippen LogP contribution < -0.4 is 26.0 Å². The molecule has 2 unspecified atom stereocenters. The van der Waals surface area contributed by atoms with Crippen molar-refractivity contribution >= 4 is 21.6 Å². The first-order valence-electron chi connectivity index (χ1n) is 11.7. The number of fused-ring (bicyclic) bond motifs is 2. The van der Waals surface area contributed by atoms with Crippen LogP contribution in [-0.2, 0) is 9.84 Å². The lowest BCUT2D eigenvalue weighted by molar-refractivity contribution is -0.0399. The highest BCUT2D eigenvalue weighted by Crippen LogP contribution is 2.55. The van der Waals surface area contributed by atoms with Crippen molar-refractivity contribution in [2.45, 2.75) is 52.1 Å². The number of nitrogens with zero attached hydrogens (tertiary/aromatic N) is 1. The van der Waals surface area contributed by atoms with Gasteiger partial charge in [-0.1, -0.05) is 13.8 Å². The molecule has 1 aromatic carbocycles. The molecule has 2 saturated heterocycles. The van der Waals surface area contributed by atoms with Crippen molar-refractivity contribution < 1.29 is 17.9 Å². The highest BCUT2D eigenvalue weighted by molar-refractivity contribution is 7.91. The number of benzene rings is 1. The average molecular weight is 467 g/mol. The SMILES string of the molecule is CCNC(=O)NC1[C@@H]2CN(c3ccc(OCCCS(=O)(=O)CCN)cc3)[C@H](CC)C1(C)C2. The molecule has 2 aliphatic heterocycles. The molecule has 3 aliphatic rings. The number of amides is 2. The number of nitrogens with two attached hydrogens (primary N) is 1. The van der Waals surface area contributed by atoms with Crippen molar-refractivity contribution in [2.24, 2.45) is 17.1 Å². The van der Waals surface area contributed by atoms with Crippen molar-refractivity contribution in [2.75, 3.05) is 42.6 Å². The first-order valence-corrected chi connectivity index (χ1v) is 13.5. The van der Waals surface area contributed by atoms with E-state index in [1.165, 1.54) is 0 Å². The minimum absolute atomic E-state index is 0.0235. The predicted octanol–water partition coefficient (Wildman–Crippen LogP) is 2.14. The molecule has 2 bridgehead atoms. The van der Waals surface area contributed by atoms with Gasteiger partial charge in [-0.2, -0.15) is 0 Å². The van der Waals surface area contributed by atoms with E-state index in [4.69, 9.17) is 10.5 Å². The lowest BCUT2D eigenvalue weighted by Crippen LogP contribution is -2.75. The van der Waals surface area contributed by atoms with E-state index in [9.17, 15) is 13.2 Å². The van der Waals surface area contributed by atoms with Crippen LogP contribution in [0.5, 0.6) is 5.75 Å². The van der Waals surface area contributed by atoms with E-state index < -0.39 is 9.84 Å². The molecule has 0 radical (unpaired) electrons. The number of rotatable bonds is 11. The van der Waals surface area contributed by atoms with Gasteiger partial charge in [0, 0.05) is 42.8 Å². The van der Waals surface area contributed by atoms with E-state index in [1.807, 2.05) is 19.1 Å². The fourth-order valence-electron chi connectivity index (χ4n) is 5.53. The molecule has 4 N–H and O–H groups in total. The van der Waals surface area contributed by atoms with Gasteiger partial charge in [0.2, 0.25) is 0 Å². The lowest BCUT2D eigenvalue weighted by atomic mass is 9.51. The third-order valence-electron chi connectivity index (χ3n) is 6.93. The van der Waals surface area contributed by atoms with E-state index in [-0.39, 0.29) is 35.5 Å². The smallest absolute Gasteiger partial charge is 0.315 e. The maximum Gasteiger partial charge on any atom is 0.315 e. The summed E-state index contributed by atoms with van der Waals surface area (Å²) in [5, 5.41) is 6.06. The molecule has 9 heteroatoms. The van der Waals surface area contributed by atoms with Gasteiger partial charge in [0.1, 0.15) is 5.75 Å². The molecule has 2 heterocycles. The lowest BCUT2D eigenvalue weighted by Gasteiger charge is -2.65. The molecular weight excluding hydrogens is 428 g/mol. The van der Waals surface area contributed by atoms with Gasteiger partial charge < -0.3 is 26.0 Å². The second-order valence-corrected chi connectivity index (χ2v) is 11.5. The molecule has 1 aliphatic carbocycles. The highest BCUT2D eigenvalue weighted by atomic mass is 32.2. The van der Waals surface area contributed by atoms with Crippen LogP contribution in [0.1, 0.15) is 40.0 Å². The van der Waals surface area contributed by atoms with Crippen molar-refractivity contribution in [3.8, 4) is 5.75 Å². The minimum atomic E-state index is -3.08. The second kappa shape index (κ2) is 10.3. The van der Waals surface area contributed by atoms with Crippen LogP contribution in [0.15, 0.2) is 24.3 Å². The standard InChI is InChI=1S/C23H38N4O4S/c1-4-20-23(3)15-17(21(23)26-22(28)25-5-2)16-27(20)18-7-9-19(10-8-18)31-12-6-13-32(29,30)14-11-24/h7-10,17,20-21H,4-6,11-16,24H2,1-3H3,(H2,25,26,28)/t17-,20+,21?,23?/m0/s1. The van der Waals surface area contributed by atoms with E-state index >= 15 is 0 Å². The number of carbonyl (C=O) groups is 1. The Balaban J connectivity index is 1.57. The largest absolute Gasteiger partial charge is 0.494 e. The van der Waals surface area contributed by atoms with Gasteiger partial charge in [0.15, 0.2) is 9.84 Å². The summed E-state index contributed by atoms with van der Waals surface area (Å²) in [5.74, 6) is 1.30. The van der Waals surface area contributed by atoms with E-state index in [0.717, 1.165) is 30.8 Å². The normalized spacial score (nSPS) is 26.9. The molecule has 1 aromatic rings. The minimum Gasteiger partial charge on any atom is -0.494 e. The molecule has 4 rings (SSSR count). The predicted molar refractivity (Wildman–Crippen MR) is 128 cm³/mol. The molecule has 0 spiro atoms. The number of carbonyl (C=O) groups excluding carboxylic acids is 1. The zero-order valence-electron chi connectivity index (χ0n) is 19.5. The number of hydrogen-bond acceptors (Lipinski definition) is 6. The molecule has 2 amide bonds. The fourth-order valence-corrected chi connectivity index (χ4v) is 6.65. The molecule has 180 valence electrons. The highest BCUT2D eigenvalue weighted by Gasteiger charge is 2.60. The Hall–Kier alpha value is -2.00. The first kappa shape index (κ1) is 24.6. The van der Waals surface area contributed by atoms with Crippen LogP contribution >= 0.6 is 0 Å². The zero-order valence-corrected chi connectivity index (χ0v) is 20.3. The third kappa shape index (κ3) is 5.31. The van der Waals surface area contributed by atoms with Gasteiger partial charge in [-0.25, -0.2) is 13.2 Å². The van der Waals surface area contributed by atoms with E-state index in [0.29, 0.717) is 31.5 Å². The summed E-state index contributed by atoms with van der Waals surface area (Å²) in [6.45, 7) is 8.49. The van der Waals surface area contributed by atoms with Crippen LogP contribution in [0.3, 0.4) is 0 Å². The summed E-state index contributed by atoms with van der Waals surface area (Å²) in [7, 11) is -3.08. The number of ether oxygens (including phenoxy) is 1. The van der Waals surface area contributed by atoms with Gasteiger partial charge in [-0.3, -0.25) is 0 Å². The average Bonchev–Trinajstić information content (AvgIpc) is 2.75.